The third-order valence-electron chi connectivity index (χ3n) is 3.11. The molecule has 0 aliphatic heterocycles. The summed E-state index contributed by atoms with van der Waals surface area (Å²) in [5.41, 5.74) is 0.0787. The Morgan fingerprint density at radius 2 is 2.04 bits per heavy atom. The van der Waals surface area contributed by atoms with Crippen LogP contribution in [-0.2, 0) is 9.53 Å². The molecule has 0 fully saturated rings. The number of hydrogen-bond donors (Lipinski definition) is 1. The van der Waals surface area contributed by atoms with Crippen molar-refractivity contribution in [2.24, 2.45) is 0 Å². The van der Waals surface area contributed by atoms with E-state index in [1.165, 1.54) is 19.1 Å². The van der Waals surface area contributed by atoms with Crippen molar-refractivity contribution >= 4 is 28.2 Å². The standard InChI is InChI=1S/C15H12F2N2O5S/c1-8(10-3-2-9(16)6-11(10)17)18-13(20)7-24-15(21)12-4-5-14(25-12)19(22)23/h2-6,8H,7H2,1H3,(H,18,20)/t8-/m1/s1. The van der Waals surface area contributed by atoms with E-state index < -0.39 is 41.1 Å². The van der Waals surface area contributed by atoms with Crippen LogP contribution in [0.25, 0.3) is 0 Å². The Morgan fingerprint density at radius 3 is 2.64 bits per heavy atom. The van der Waals surface area contributed by atoms with E-state index in [0.717, 1.165) is 12.1 Å². The Morgan fingerprint density at radius 1 is 1.32 bits per heavy atom. The number of hydrogen-bond acceptors (Lipinski definition) is 6. The average molecular weight is 370 g/mol. The summed E-state index contributed by atoms with van der Waals surface area (Å²) in [5, 5.41) is 12.7. The SMILES string of the molecule is C[C@@H](NC(=O)COC(=O)c1ccc([N+](=O)[O-])s1)c1ccc(F)cc1F. The quantitative estimate of drug-likeness (QED) is 0.479. The van der Waals surface area contributed by atoms with Crippen molar-refractivity contribution in [3.8, 4) is 0 Å². The fraction of sp³-hybridized carbons (Fsp3) is 0.200. The van der Waals surface area contributed by atoms with Crippen LogP contribution in [0.2, 0.25) is 0 Å². The molecule has 0 aliphatic carbocycles. The molecule has 0 unspecified atom stereocenters. The smallest absolute Gasteiger partial charge is 0.349 e. The Kier molecular flexibility index (Phi) is 5.75. The predicted octanol–water partition coefficient (Wildman–Crippen LogP) is 2.97. The summed E-state index contributed by atoms with van der Waals surface area (Å²) in [4.78, 5) is 33.4. The zero-order valence-corrected chi connectivity index (χ0v) is 13.6. The van der Waals surface area contributed by atoms with E-state index in [4.69, 9.17) is 4.74 Å². The van der Waals surface area contributed by atoms with Crippen molar-refractivity contribution in [3.05, 3.63) is 62.5 Å². The Hall–Kier alpha value is -2.88. The molecule has 1 N–H and O–H groups in total. The lowest BCUT2D eigenvalue weighted by molar-refractivity contribution is -0.380. The molecule has 0 spiro atoms. The number of halogens is 2. The summed E-state index contributed by atoms with van der Waals surface area (Å²) in [6, 6.07) is 4.56. The molecular formula is C15H12F2N2O5S. The molecule has 1 amide bonds. The second-order valence-corrected chi connectivity index (χ2v) is 5.99. The van der Waals surface area contributed by atoms with E-state index in [1.54, 1.807) is 0 Å². The van der Waals surface area contributed by atoms with Crippen LogP contribution >= 0.6 is 11.3 Å². The maximum absolute atomic E-state index is 13.6. The second-order valence-electron chi connectivity index (χ2n) is 4.93. The lowest BCUT2D eigenvalue weighted by Gasteiger charge is -2.15. The fourth-order valence-corrected chi connectivity index (χ4v) is 2.67. The van der Waals surface area contributed by atoms with Gasteiger partial charge in [0.1, 0.15) is 16.5 Å². The van der Waals surface area contributed by atoms with Gasteiger partial charge in [0.2, 0.25) is 0 Å². The molecule has 25 heavy (non-hydrogen) atoms. The van der Waals surface area contributed by atoms with Crippen molar-refractivity contribution in [3.63, 3.8) is 0 Å². The number of nitro groups is 1. The number of amides is 1. The first kappa shape index (κ1) is 18.5. The number of thiophene rings is 1. The van der Waals surface area contributed by atoms with E-state index in [2.05, 4.69) is 5.32 Å². The highest BCUT2D eigenvalue weighted by atomic mass is 32.1. The zero-order chi connectivity index (χ0) is 18.6. The minimum absolute atomic E-state index is 0.0165. The van der Waals surface area contributed by atoms with Gasteiger partial charge in [-0.2, -0.15) is 0 Å². The highest BCUT2D eigenvalue weighted by molar-refractivity contribution is 7.17. The number of carbonyl (C=O) groups excluding carboxylic acids is 2. The highest BCUT2D eigenvalue weighted by Crippen LogP contribution is 2.24. The van der Waals surface area contributed by atoms with Gasteiger partial charge in [0.25, 0.3) is 5.91 Å². The third kappa shape index (κ3) is 4.80. The summed E-state index contributed by atoms with van der Waals surface area (Å²) in [5.74, 6) is -3.13. The maximum Gasteiger partial charge on any atom is 0.349 e. The van der Waals surface area contributed by atoms with Gasteiger partial charge in [-0.3, -0.25) is 14.9 Å². The molecule has 1 aromatic carbocycles. The summed E-state index contributed by atoms with van der Waals surface area (Å²) < 4.78 is 31.2. The first-order valence-electron chi connectivity index (χ1n) is 6.93. The van der Waals surface area contributed by atoms with Crippen LogP contribution in [0.5, 0.6) is 0 Å². The second kappa shape index (κ2) is 7.79. The average Bonchev–Trinajstić information content (AvgIpc) is 3.02. The van der Waals surface area contributed by atoms with Crippen LogP contribution < -0.4 is 5.32 Å². The molecule has 2 aromatic rings. The third-order valence-corrected chi connectivity index (χ3v) is 4.13. The molecule has 0 saturated heterocycles. The monoisotopic (exact) mass is 370 g/mol. The van der Waals surface area contributed by atoms with Gasteiger partial charge < -0.3 is 10.1 Å². The molecule has 0 radical (unpaired) electrons. The summed E-state index contributed by atoms with van der Waals surface area (Å²) >= 11 is 0.624. The molecular weight excluding hydrogens is 358 g/mol. The number of nitrogens with zero attached hydrogens (tertiary/aromatic N) is 1. The first-order valence-corrected chi connectivity index (χ1v) is 7.75. The van der Waals surface area contributed by atoms with E-state index >= 15 is 0 Å². The normalized spacial score (nSPS) is 11.6. The van der Waals surface area contributed by atoms with Crippen LogP contribution in [0.4, 0.5) is 13.8 Å². The summed E-state index contributed by atoms with van der Waals surface area (Å²) in [7, 11) is 0. The molecule has 2 rings (SSSR count). The molecule has 0 saturated carbocycles. The van der Waals surface area contributed by atoms with Crippen molar-refractivity contribution in [1.82, 2.24) is 5.32 Å². The van der Waals surface area contributed by atoms with Crippen LogP contribution in [0.15, 0.2) is 30.3 Å². The maximum atomic E-state index is 13.6. The fourth-order valence-electron chi connectivity index (χ4n) is 1.95. The topological polar surface area (TPSA) is 98.5 Å². The number of benzene rings is 1. The lowest BCUT2D eigenvalue weighted by Crippen LogP contribution is -2.31. The predicted molar refractivity (Wildman–Crippen MR) is 84.2 cm³/mol. The number of rotatable bonds is 6. The minimum atomic E-state index is -0.881. The highest BCUT2D eigenvalue weighted by Gasteiger charge is 2.19. The largest absolute Gasteiger partial charge is 0.451 e. The van der Waals surface area contributed by atoms with E-state index in [0.29, 0.717) is 17.4 Å². The molecule has 1 atom stereocenters. The Labute approximate surface area is 144 Å². The number of esters is 1. The first-order chi connectivity index (χ1) is 11.8. The van der Waals surface area contributed by atoms with Crippen molar-refractivity contribution < 1.29 is 28.0 Å². The lowest BCUT2D eigenvalue weighted by atomic mass is 10.1. The summed E-state index contributed by atoms with van der Waals surface area (Å²) in [6.07, 6.45) is 0. The van der Waals surface area contributed by atoms with Gasteiger partial charge in [-0.1, -0.05) is 17.4 Å². The van der Waals surface area contributed by atoms with Gasteiger partial charge in [-0.15, -0.1) is 0 Å². The van der Waals surface area contributed by atoms with Gasteiger partial charge in [0, 0.05) is 17.7 Å². The van der Waals surface area contributed by atoms with Crippen LogP contribution in [0.3, 0.4) is 0 Å². The number of ether oxygens (including phenoxy) is 1. The van der Waals surface area contributed by atoms with Gasteiger partial charge in [-0.25, -0.2) is 13.6 Å². The number of carbonyl (C=O) groups is 2. The molecule has 1 aromatic heterocycles. The zero-order valence-electron chi connectivity index (χ0n) is 12.8. The number of nitrogens with one attached hydrogen (secondary N) is 1. The molecule has 0 aliphatic rings. The van der Waals surface area contributed by atoms with Crippen molar-refractivity contribution in [1.29, 1.82) is 0 Å². The van der Waals surface area contributed by atoms with Gasteiger partial charge in [-0.05, 0) is 19.1 Å². The van der Waals surface area contributed by atoms with Gasteiger partial charge >= 0.3 is 11.0 Å². The molecule has 10 heteroatoms. The summed E-state index contributed by atoms with van der Waals surface area (Å²) in [6.45, 7) is 0.844. The molecule has 1 heterocycles. The van der Waals surface area contributed by atoms with Crippen LogP contribution in [-0.4, -0.2) is 23.4 Å². The minimum Gasteiger partial charge on any atom is -0.451 e. The molecule has 132 valence electrons. The van der Waals surface area contributed by atoms with Crippen LogP contribution in [0.1, 0.15) is 28.2 Å². The van der Waals surface area contributed by atoms with E-state index in [-0.39, 0.29) is 15.4 Å². The van der Waals surface area contributed by atoms with Crippen LogP contribution in [0, 0.1) is 21.7 Å². The Bertz CT molecular complexity index is 824. The van der Waals surface area contributed by atoms with E-state index in [1.807, 2.05) is 0 Å². The van der Waals surface area contributed by atoms with E-state index in [9.17, 15) is 28.5 Å². The van der Waals surface area contributed by atoms with Crippen molar-refractivity contribution in [2.75, 3.05) is 6.61 Å². The van der Waals surface area contributed by atoms with Gasteiger partial charge in [0.15, 0.2) is 6.61 Å². The van der Waals surface area contributed by atoms with Gasteiger partial charge in [0.05, 0.1) is 11.0 Å². The van der Waals surface area contributed by atoms with Crippen molar-refractivity contribution in [2.45, 2.75) is 13.0 Å². The molecule has 0 bridgehead atoms. The molecule has 7 nitrogen and oxygen atoms in total. The Balaban J connectivity index is 1.89.